The van der Waals surface area contributed by atoms with Gasteiger partial charge < -0.3 is 15.4 Å². The van der Waals surface area contributed by atoms with Crippen molar-refractivity contribution in [1.29, 1.82) is 0 Å². The number of esters is 1. The third kappa shape index (κ3) is 3.92. The highest BCUT2D eigenvalue weighted by Crippen LogP contribution is 2.07. The monoisotopic (exact) mass is 260 g/mol. The van der Waals surface area contributed by atoms with Gasteiger partial charge in [-0.2, -0.15) is 11.8 Å². The second-order valence-electron chi connectivity index (χ2n) is 3.70. The van der Waals surface area contributed by atoms with Gasteiger partial charge in [0.25, 0.3) is 0 Å². The van der Waals surface area contributed by atoms with E-state index in [9.17, 15) is 14.4 Å². The summed E-state index contributed by atoms with van der Waals surface area (Å²) in [6.45, 7) is 0. The lowest BCUT2D eigenvalue weighted by molar-refractivity contribution is -0.144. The second kappa shape index (κ2) is 6.48. The molecule has 1 fully saturated rings. The van der Waals surface area contributed by atoms with Crippen molar-refractivity contribution in [1.82, 2.24) is 10.6 Å². The molecule has 6 nitrogen and oxygen atoms in total. The van der Waals surface area contributed by atoms with E-state index in [1.165, 1.54) is 18.9 Å². The van der Waals surface area contributed by atoms with Gasteiger partial charge in [0.15, 0.2) is 0 Å². The fourth-order valence-corrected chi connectivity index (χ4v) is 2.11. The normalized spacial score (nSPS) is 20.6. The average Bonchev–Trinajstić information content (AvgIpc) is 2.74. The molecule has 1 saturated heterocycles. The maximum Gasteiger partial charge on any atom is 0.329 e. The number of amides is 2. The summed E-state index contributed by atoms with van der Waals surface area (Å²) in [6.07, 6.45) is 2.65. The molecule has 96 valence electrons. The van der Waals surface area contributed by atoms with Gasteiger partial charge >= 0.3 is 5.97 Å². The van der Waals surface area contributed by atoms with Crippen LogP contribution in [0.5, 0.6) is 0 Å². The van der Waals surface area contributed by atoms with Crippen molar-refractivity contribution in [3.63, 3.8) is 0 Å². The van der Waals surface area contributed by atoms with Crippen molar-refractivity contribution >= 4 is 29.5 Å². The van der Waals surface area contributed by atoms with Crippen molar-refractivity contribution in [3.05, 3.63) is 0 Å². The number of carbonyl (C=O) groups excluding carboxylic acids is 3. The van der Waals surface area contributed by atoms with Crippen molar-refractivity contribution < 1.29 is 19.1 Å². The third-order valence-electron chi connectivity index (χ3n) is 2.45. The summed E-state index contributed by atoms with van der Waals surface area (Å²) < 4.78 is 4.60. The predicted octanol–water partition coefficient (Wildman–Crippen LogP) is -0.714. The number of hydrogen-bond donors (Lipinski definition) is 2. The number of rotatable bonds is 5. The van der Waals surface area contributed by atoms with Crippen LogP contribution < -0.4 is 10.6 Å². The molecule has 0 spiro atoms. The first-order valence-corrected chi connectivity index (χ1v) is 6.64. The van der Waals surface area contributed by atoms with E-state index in [1.54, 1.807) is 0 Å². The zero-order valence-corrected chi connectivity index (χ0v) is 10.6. The van der Waals surface area contributed by atoms with Crippen LogP contribution in [0.1, 0.15) is 12.8 Å². The van der Waals surface area contributed by atoms with E-state index in [4.69, 9.17) is 0 Å². The van der Waals surface area contributed by atoms with Crippen molar-refractivity contribution in [3.8, 4) is 0 Å². The van der Waals surface area contributed by atoms with Crippen LogP contribution in [0.25, 0.3) is 0 Å². The molecule has 2 amide bonds. The smallest absolute Gasteiger partial charge is 0.329 e. The van der Waals surface area contributed by atoms with Gasteiger partial charge in [-0.1, -0.05) is 0 Å². The second-order valence-corrected chi connectivity index (χ2v) is 4.61. The first-order chi connectivity index (χ1) is 8.08. The van der Waals surface area contributed by atoms with E-state index in [2.05, 4.69) is 15.4 Å². The Labute approximate surface area is 104 Å². The zero-order chi connectivity index (χ0) is 12.8. The first kappa shape index (κ1) is 13.8. The average molecular weight is 260 g/mol. The Morgan fingerprint density at radius 2 is 2.35 bits per heavy atom. The highest BCUT2D eigenvalue weighted by molar-refractivity contribution is 7.98. The van der Waals surface area contributed by atoms with Crippen LogP contribution in [-0.4, -0.2) is 49.0 Å². The number of hydrogen-bond acceptors (Lipinski definition) is 5. The lowest BCUT2D eigenvalue weighted by Crippen LogP contribution is -2.50. The van der Waals surface area contributed by atoms with E-state index < -0.39 is 18.1 Å². The van der Waals surface area contributed by atoms with Gasteiger partial charge in [0, 0.05) is 12.2 Å². The van der Waals surface area contributed by atoms with Crippen LogP contribution in [0, 0.1) is 0 Å². The molecule has 1 aliphatic heterocycles. The van der Waals surface area contributed by atoms with Crippen molar-refractivity contribution in [2.45, 2.75) is 24.9 Å². The highest BCUT2D eigenvalue weighted by atomic mass is 32.2. The number of nitrogens with one attached hydrogen (secondary N) is 2. The summed E-state index contributed by atoms with van der Waals surface area (Å²) in [6, 6.07) is -1.20. The number of ether oxygens (including phenoxy) is 1. The molecule has 0 saturated carbocycles. The molecule has 7 heteroatoms. The Balaban J connectivity index is 2.51. The van der Waals surface area contributed by atoms with E-state index in [1.807, 2.05) is 6.26 Å². The standard InChI is InChI=1S/C10H16N2O4S/c1-16-10(15)7(5-17-2)12-9(14)6-3-4-8(13)11-6/h6-7H,3-5H2,1-2H3,(H,11,13)(H,12,14)/t6-,7+/m1/s1. The van der Waals surface area contributed by atoms with E-state index >= 15 is 0 Å². The van der Waals surface area contributed by atoms with Crippen LogP contribution in [0.4, 0.5) is 0 Å². The lowest BCUT2D eigenvalue weighted by atomic mass is 10.2. The summed E-state index contributed by atoms with van der Waals surface area (Å²) in [7, 11) is 1.28. The molecule has 17 heavy (non-hydrogen) atoms. The largest absolute Gasteiger partial charge is 0.467 e. The van der Waals surface area contributed by atoms with Crippen LogP contribution >= 0.6 is 11.8 Å². The fraction of sp³-hybridized carbons (Fsp3) is 0.700. The summed E-state index contributed by atoms with van der Waals surface area (Å²) in [5, 5.41) is 5.13. The molecule has 0 radical (unpaired) electrons. The summed E-state index contributed by atoms with van der Waals surface area (Å²) in [5.41, 5.74) is 0. The fourth-order valence-electron chi connectivity index (χ4n) is 1.56. The molecule has 0 aliphatic carbocycles. The minimum Gasteiger partial charge on any atom is -0.467 e. The summed E-state index contributed by atoms with van der Waals surface area (Å²) >= 11 is 1.44. The zero-order valence-electron chi connectivity index (χ0n) is 9.82. The Morgan fingerprint density at radius 3 is 2.82 bits per heavy atom. The van der Waals surface area contributed by atoms with Gasteiger partial charge in [0.2, 0.25) is 11.8 Å². The molecule has 2 N–H and O–H groups in total. The molecule has 0 aromatic carbocycles. The van der Waals surface area contributed by atoms with Gasteiger partial charge in [-0.3, -0.25) is 9.59 Å². The molecule has 2 atom stereocenters. The molecule has 0 bridgehead atoms. The minimum absolute atomic E-state index is 0.135. The van der Waals surface area contributed by atoms with Crippen LogP contribution in [-0.2, 0) is 19.1 Å². The van der Waals surface area contributed by atoms with Crippen LogP contribution in [0.3, 0.4) is 0 Å². The van der Waals surface area contributed by atoms with Gasteiger partial charge in [-0.05, 0) is 12.7 Å². The molecule has 0 aromatic heterocycles. The van der Waals surface area contributed by atoms with Crippen molar-refractivity contribution in [2.24, 2.45) is 0 Å². The molecule has 1 rings (SSSR count). The first-order valence-electron chi connectivity index (χ1n) is 5.25. The molecule has 1 aliphatic rings. The molecular formula is C10H16N2O4S. The van der Waals surface area contributed by atoms with Gasteiger partial charge in [-0.25, -0.2) is 4.79 Å². The third-order valence-corrected chi connectivity index (χ3v) is 3.11. The molecule has 0 aromatic rings. The Hall–Kier alpha value is -1.24. The maximum absolute atomic E-state index is 11.8. The SMILES string of the molecule is COC(=O)[C@H](CSC)NC(=O)[C@H]1CCC(=O)N1. The summed E-state index contributed by atoms with van der Waals surface area (Å²) in [4.78, 5) is 34.1. The Morgan fingerprint density at radius 1 is 1.65 bits per heavy atom. The quantitative estimate of drug-likeness (QED) is 0.638. The van der Waals surface area contributed by atoms with Gasteiger partial charge in [0.1, 0.15) is 12.1 Å². The van der Waals surface area contributed by atoms with Gasteiger partial charge in [-0.15, -0.1) is 0 Å². The van der Waals surface area contributed by atoms with E-state index in [0.717, 1.165) is 0 Å². The van der Waals surface area contributed by atoms with Crippen molar-refractivity contribution in [2.75, 3.05) is 19.1 Å². The lowest BCUT2D eigenvalue weighted by Gasteiger charge is -2.17. The number of methoxy groups -OCH3 is 1. The number of thioether (sulfide) groups is 1. The van der Waals surface area contributed by atoms with E-state index in [0.29, 0.717) is 18.6 Å². The minimum atomic E-state index is -0.667. The Bertz CT molecular complexity index is 321. The summed E-state index contributed by atoms with van der Waals surface area (Å²) in [5.74, 6) is -0.499. The molecule has 0 unspecified atom stereocenters. The van der Waals surface area contributed by atoms with Crippen LogP contribution in [0.2, 0.25) is 0 Å². The van der Waals surface area contributed by atoms with Crippen LogP contribution in [0.15, 0.2) is 0 Å². The predicted molar refractivity (Wildman–Crippen MR) is 63.5 cm³/mol. The maximum atomic E-state index is 11.8. The topological polar surface area (TPSA) is 84.5 Å². The van der Waals surface area contributed by atoms with E-state index in [-0.39, 0.29) is 11.8 Å². The molecule has 1 heterocycles. The molecular weight excluding hydrogens is 244 g/mol. The number of carbonyl (C=O) groups is 3. The Kier molecular flexibility index (Phi) is 5.27. The van der Waals surface area contributed by atoms with Gasteiger partial charge in [0.05, 0.1) is 7.11 Å². The highest BCUT2D eigenvalue weighted by Gasteiger charge is 2.30.